The maximum atomic E-state index is 6.11. The predicted octanol–water partition coefficient (Wildman–Crippen LogP) is 2.47. The van der Waals surface area contributed by atoms with Crippen LogP contribution >= 0.6 is 0 Å². The Labute approximate surface area is 105 Å². The van der Waals surface area contributed by atoms with Gasteiger partial charge >= 0.3 is 0 Å². The number of nitrogens with zero attached hydrogens (tertiary/aromatic N) is 2. The van der Waals surface area contributed by atoms with Gasteiger partial charge in [0.1, 0.15) is 0 Å². The van der Waals surface area contributed by atoms with Crippen LogP contribution in [0.25, 0.3) is 0 Å². The Bertz CT molecular complexity index is 311. The Kier molecular flexibility index (Phi) is 3.37. The summed E-state index contributed by atoms with van der Waals surface area (Å²) < 4.78 is 0. The summed E-state index contributed by atoms with van der Waals surface area (Å²) in [5.74, 6) is 2.98. The van der Waals surface area contributed by atoms with Crippen molar-refractivity contribution in [2.75, 3.05) is 13.1 Å². The molecule has 0 aromatic heterocycles. The van der Waals surface area contributed by atoms with E-state index < -0.39 is 0 Å². The zero-order valence-electron chi connectivity index (χ0n) is 11.7. The molecule has 0 bridgehead atoms. The summed E-state index contributed by atoms with van der Waals surface area (Å²) in [4.78, 5) is 6.95. The molecule has 2 rings (SSSR count). The standard InChI is InChI=1S/C14H27N3/c1-10(2)8-17-13(15)16-9-14(17)6-5-11(3)7-12(14)4/h10-12H,5-9H2,1-4H3,(H2,15,16). The van der Waals surface area contributed by atoms with Gasteiger partial charge in [0.05, 0.1) is 12.1 Å². The van der Waals surface area contributed by atoms with Crippen molar-refractivity contribution >= 4 is 5.96 Å². The molecule has 0 aromatic carbocycles. The monoisotopic (exact) mass is 237 g/mol. The minimum absolute atomic E-state index is 0.237. The largest absolute Gasteiger partial charge is 0.370 e. The van der Waals surface area contributed by atoms with Crippen molar-refractivity contribution in [3.05, 3.63) is 0 Å². The summed E-state index contributed by atoms with van der Waals surface area (Å²) in [6.45, 7) is 11.2. The third kappa shape index (κ3) is 2.16. The Hall–Kier alpha value is -0.730. The van der Waals surface area contributed by atoms with E-state index in [2.05, 4.69) is 37.6 Å². The van der Waals surface area contributed by atoms with E-state index in [9.17, 15) is 0 Å². The smallest absolute Gasteiger partial charge is 0.191 e. The maximum absolute atomic E-state index is 6.11. The van der Waals surface area contributed by atoms with Gasteiger partial charge in [0.25, 0.3) is 0 Å². The van der Waals surface area contributed by atoms with Gasteiger partial charge in [-0.2, -0.15) is 0 Å². The SMILES string of the molecule is CC(C)CN1C(N)=NCC12CCC(C)CC2C. The van der Waals surface area contributed by atoms with Crippen molar-refractivity contribution in [2.45, 2.75) is 52.5 Å². The molecule has 1 heterocycles. The molecule has 17 heavy (non-hydrogen) atoms. The van der Waals surface area contributed by atoms with Crippen LogP contribution in [-0.2, 0) is 0 Å². The Morgan fingerprint density at radius 1 is 1.47 bits per heavy atom. The molecule has 1 saturated carbocycles. The van der Waals surface area contributed by atoms with Gasteiger partial charge in [-0.3, -0.25) is 4.99 Å². The first-order valence-corrected chi connectivity index (χ1v) is 7.03. The third-order valence-electron chi connectivity index (χ3n) is 4.62. The van der Waals surface area contributed by atoms with Crippen molar-refractivity contribution < 1.29 is 0 Å². The highest BCUT2D eigenvalue weighted by Gasteiger charge is 2.48. The van der Waals surface area contributed by atoms with Gasteiger partial charge in [-0.05, 0) is 37.0 Å². The summed E-state index contributed by atoms with van der Waals surface area (Å²) >= 11 is 0. The lowest BCUT2D eigenvalue weighted by Gasteiger charge is -2.48. The molecule has 1 fully saturated rings. The van der Waals surface area contributed by atoms with Gasteiger partial charge in [0, 0.05) is 6.54 Å². The molecule has 3 heteroatoms. The Morgan fingerprint density at radius 3 is 2.76 bits per heavy atom. The highest BCUT2D eigenvalue weighted by Crippen LogP contribution is 2.43. The molecule has 1 aliphatic carbocycles. The number of rotatable bonds is 2. The van der Waals surface area contributed by atoms with Crippen LogP contribution in [0.1, 0.15) is 47.0 Å². The summed E-state index contributed by atoms with van der Waals surface area (Å²) in [5.41, 5.74) is 6.34. The van der Waals surface area contributed by atoms with Crippen LogP contribution in [0, 0.1) is 17.8 Å². The quantitative estimate of drug-likeness (QED) is 0.801. The van der Waals surface area contributed by atoms with E-state index in [1.165, 1.54) is 19.3 Å². The first kappa shape index (κ1) is 12.7. The fourth-order valence-corrected chi connectivity index (χ4v) is 3.58. The van der Waals surface area contributed by atoms with E-state index in [0.29, 0.717) is 11.8 Å². The highest BCUT2D eigenvalue weighted by molar-refractivity contribution is 5.81. The molecule has 1 spiro atoms. The van der Waals surface area contributed by atoms with Crippen LogP contribution in [0.5, 0.6) is 0 Å². The average Bonchev–Trinajstić information content (AvgIpc) is 2.53. The van der Waals surface area contributed by atoms with E-state index in [4.69, 9.17) is 5.73 Å². The number of nitrogens with two attached hydrogens (primary N) is 1. The molecule has 3 atom stereocenters. The van der Waals surface area contributed by atoms with E-state index >= 15 is 0 Å². The molecule has 0 saturated heterocycles. The number of guanidine groups is 1. The molecule has 98 valence electrons. The molecule has 0 amide bonds. The van der Waals surface area contributed by atoms with Gasteiger partial charge in [0.15, 0.2) is 5.96 Å². The second kappa shape index (κ2) is 4.51. The third-order valence-corrected chi connectivity index (χ3v) is 4.62. The van der Waals surface area contributed by atoms with Crippen LogP contribution < -0.4 is 5.73 Å². The summed E-state index contributed by atoms with van der Waals surface area (Å²) in [6.07, 6.45) is 3.89. The van der Waals surface area contributed by atoms with Gasteiger partial charge in [0.2, 0.25) is 0 Å². The summed E-state index contributed by atoms with van der Waals surface area (Å²) in [6, 6.07) is 0. The molecule has 0 radical (unpaired) electrons. The van der Waals surface area contributed by atoms with Crippen molar-refractivity contribution in [1.82, 2.24) is 4.90 Å². The van der Waals surface area contributed by atoms with E-state index in [1.54, 1.807) is 0 Å². The summed E-state index contributed by atoms with van der Waals surface area (Å²) in [5, 5.41) is 0. The lowest BCUT2D eigenvalue weighted by molar-refractivity contribution is 0.0555. The van der Waals surface area contributed by atoms with Crippen LogP contribution in [0.2, 0.25) is 0 Å². The van der Waals surface area contributed by atoms with Crippen molar-refractivity contribution in [3.8, 4) is 0 Å². The maximum Gasteiger partial charge on any atom is 0.191 e. The van der Waals surface area contributed by atoms with Crippen molar-refractivity contribution in [1.29, 1.82) is 0 Å². The second-order valence-electron chi connectivity index (χ2n) is 6.56. The normalized spacial score (nSPS) is 37.9. The lowest BCUT2D eigenvalue weighted by Crippen LogP contribution is -2.58. The van der Waals surface area contributed by atoms with Gasteiger partial charge in [-0.25, -0.2) is 0 Å². The van der Waals surface area contributed by atoms with Crippen LogP contribution in [0.15, 0.2) is 4.99 Å². The van der Waals surface area contributed by atoms with E-state index in [-0.39, 0.29) is 5.54 Å². The van der Waals surface area contributed by atoms with Crippen LogP contribution in [0.4, 0.5) is 0 Å². The first-order valence-electron chi connectivity index (χ1n) is 7.03. The molecule has 3 nitrogen and oxygen atoms in total. The second-order valence-corrected chi connectivity index (χ2v) is 6.56. The predicted molar refractivity (Wildman–Crippen MR) is 72.9 cm³/mol. The van der Waals surface area contributed by atoms with E-state index in [0.717, 1.165) is 25.0 Å². The Morgan fingerprint density at radius 2 is 2.18 bits per heavy atom. The number of hydrogen-bond acceptors (Lipinski definition) is 3. The molecule has 0 aromatic rings. The summed E-state index contributed by atoms with van der Waals surface area (Å²) in [7, 11) is 0. The van der Waals surface area contributed by atoms with Crippen molar-refractivity contribution in [3.63, 3.8) is 0 Å². The topological polar surface area (TPSA) is 41.6 Å². The van der Waals surface area contributed by atoms with Crippen LogP contribution in [0.3, 0.4) is 0 Å². The van der Waals surface area contributed by atoms with Crippen molar-refractivity contribution in [2.24, 2.45) is 28.5 Å². The molecule has 1 aliphatic heterocycles. The van der Waals surface area contributed by atoms with E-state index in [1.807, 2.05) is 0 Å². The Balaban J connectivity index is 2.18. The molecular formula is C14H27N3. The molecular weight excluding hydrogens is 210 g/mol. The minimum Gasteiger partial charge on any atom is -0.370 e. The van der Waals surface area contributed by atoms with Gasteiger partial charge < -0.3 is 10.6 Å². The first-order chi connectivity index (χ1) is 7.95. The zero-order valence-corrected chi connectivity index (χ0v) is 11.7. The fourth-order valence-electron chi connectivity index (χ4n) is 3.58. The van der Waals surface area contributed by atoms with Crippen LogP contribution in [-0.4, -0.2) is 29.5 Å². The minimum atomic E-state index is 0.237. The highest BCUT2D eigenvalue weighted by atomic mass is 15.4. The number of aliphatic imine (C=N–C) groups is 1. The number of hydrogen-bond donors (Lipinski definition) is 1. The van der Waals surface area contributed by atoms with Gasteiger partial charge in [-0.1, -0.05) is 27.7 Å². The zero-order chi connectivity index (χ0) is 12.6. The average molecular weight is 237 g/mol. The van der Waals surface area contributed by atoms with Gasteiger partial charge in [-0.15, -0.1) is 0 Å². The fraction of sp³-hybridized carbons (Fsp3) is 0.929. The molecule has 3 unspecified atom stereocenters. The lowest BCUT2D eigenvalue weighted by atomic mass is 9.69. The molecule has 2 aliphatic rings. The molecule has 2 N–H and O–H groups in total.